The molecule has 0 spiro atoms. The molecule has 152 valence electrons. The van der Waals surface area contributed by atoms with Gasteiger partial charge in [-0.2, -0.15) is 0 Å². The van der Waals surface area contributed by atoms with Crippen molar-refractivity contribution in [1.29, 1.82) is 0 Å². The molecule has 2 aliphatic rings. The molecule has 2 nitrogen and oxygen atoms in total. The molecule has 3 heteroatoms. The third kappa shape index (κ3) is 3.26. The van der Waals surface area contributed by atoms with Crippen molar-refractivity contribution in [2.24, 2.45) is 0 Å². The third-order valence-corrected chi connectivity index (χ3v) is 6.63. The summed E-state index contributed by atoms with van der Waals surface area (Å²) >= 11 is 3.55. The van der Waals surface area contributed by atoms with E-state index < -0.39 is 0 Å². The number of allylic oxidation sites excluding steroid dienone is 1. The molecule has 3 aromatic carbocycles. The lowest BCUT2D eigenvalue weighted by atomic mass is 9.80. The van der Waals surface area contributed by atoms with Gasteiger partial charge in [-0.15, -0.1) is 0 Å². The predicted molar refractivity (Wildman–Crippen MR) is 129 cm³/mol. The minimum Gasteiger partial charge on any atom is -0.485 e. The standard InChI is InChI=1S/C27H26BrNO/c1-16-6-5-7-22-24(16)20-12-13-21-25(17(2)15-27(3,4)29-21)26(20)23(30-22)14-18-8-10-19(28)11-9-18/h5-13,15,23,29H,14H2,1-4H3. The van der Waals surface area contributed by atoms with Crippen LogP contribution in [0.1, 0.15) is 49.1 Å². The molecule has 3 aromatic rings. The SMILES string of the molecule is CC1=CC(C)(C)Nc2ccc3c(c21)C(Cc1ccc(Br)cc1)Oc1cccc(C)c1-3. The second-order valence-electron chi connectivity index (χ2n) is 9.01. The monoisotopic (exact) mass is 459 g/mol. The van der Waals surface area contributed by atoms with Crippen molar-refractivity contribution >= 4 is 27.2 Å². The van der Waals surface area contributed by atoms with Crippen molar-refractivity contribution in [1.82, 2.24) is 0 Å². The Labute approximate surface area is 187 Å². The van der Waals surface area contributed by atoms with Gasteiger partial charge in [0, 0.05) is 33.3 Å². The Kier molecular flexibility index (Phi) is 4.55. The van der Waals surface area contributed by atoms with Gasteiger partial charge in [-0.3, -0.25) is 0 Å². The molecule has 2 aliphatic heterocycles. The zero-order valence-corrected chi connectivity index (χ0v) is 19.4. The van der Waals surface area contributed by atoms with E-state index in [2.05, 4.69) is 110 Å². The molecule has 0 saturated heterocycles. The van der Waals surface area contributed by atoms with Crippen LogP contribution in [0.25, 0.3) is 16.7 Å². The maximum atomic E-state index is 6.67. The lowest BCUT2D eigenvalue weighted by Gasteiger charge is -2.37. The largest absolute Gasteiger partial charge is 0.485 e. The molecule has 30 heavy (non-hydrogen) atoms. The average molecular weight is 460 g/mol. The first-order valence-electron chi connectivity index (χ1n) is 10.5. The van der Waals surface area contributed by atoms with Crippen LogP contribution in [0.2, 0.25) is 0 Å². The van der Waals surface area contributed by atoms with Gasteiger partial charge in [0.2, 0.25) is 0 Å². The van der Waals surface area contributed by atoms with Crippen molar-refractivity contribution in [2.75, 3.05) is 5.32 Å². The summed E-state index contributed by atoms with van der Waals surface area (Å²) in [6, 6.07) is 19.4. The van der Waals surface area contributed by atoms with E-state index in [4.69, 9.17) is 4.74 Å². The average Bonchev–Trinajstić information content (AvgIpc) is 2.68. The number of aryl methyl sites for hydroxylation is 1. The van der Waals surface area contributed by atoms with Crippen LogP contribution in [-0.4, -0.2) is 5.54 Å². The number of benzene rings is 3. The van der Waals surface area contributed by atoms with Crippen LogP contribution in [0.4, 0.5) is 5.69 Å². The summed E-state index contributed by atoms with van der Waals surface area (Å²) in [5, 5.41) is 3.71. The molecule has 0 saturated carbocycles. The van der Waals surface area contributed by atoms with Crippen molar-refractivity contribution in [3.05, 3.63) is 87.4 Å². The fraction of sp³-hybridized carbons (Fsp3) is 0.259. The zero-order chi connectivity index (χ0) is 21.0. The first kappa shape index (κ1) is 19.4. The van der Waals surface area contributed by atoms with Gasteiger partial charge in [0.1, 0.15) is 11.9 Å². The molecular formula is C27H26BrNO. The van der Waals surface area contributed by atoms with Gasteiger partial charge in [-0.05, 0) is 74.2 Å². The molecule has 1 unspecified atom stereocenters. The van der Waals surface area contributed by atoms with Crippen LogP contribution in [0.5, 0.6) is 5.75 Å². The minimum absolute atomic E-state index is 0.0308. The van der Waals surface area contributed by atoms with E-state index in [0.717, 1.165) is 16.6 Å². The maximum Gasteiger partial charge on any atom is 0.129 e. The van der Waals surface area contributed by atoms with E-state index >= 15 is 0 Å². The number of hydrogen-bond donors (Lipinski definition) is 1. The summed E-state index contributed by atoms with van der Waals surface area (Å²) in [5.41, 5.74) is 10.1. The number of ether oxygens (including phenoxy) is 1. The highest BCUT2D eigenvalue weighted by Gasteiger charge is 2.34. The van der Waals surface area contributed by atoms with E-state index in [1.54, 1.807) is 0 Å². The first-order valence-corrected chi connectivity index (χ1v) is 11.3. The van der Waals surface area contributed by atoms with Crippen LogP contribution < -0.4 is 10.1 Å². The van der Waals surface area contributed by atoms with Crippen LogP contribution in [0.15, 0.2) is 65.1 Å². The Morgan fingerprint density at radius 2 is 1.73 bits per heavy atom. The van der Waals surface area contributed by atoms with E-state index in [9.17, 15) is 0 Å². The molecule has 0 aromatic heterocycles. The van der Waals surface area contributed by atoms with Gasteiger partial charge in [-0.25, -0.2) is 0 Å². The number of rotatable bonds is 2. The molecule has 2 heterocycles. The first-order chi connectivity index (χ1) is 14.3. The van der Waals surface area contributed by atoms with Gasteiger partial charge >= 0.3 is 0 Å². The van der Waals surface area contributed by atoms with Gasteiger partial charge in [0.15, 0.2) is 0 Å². The summed E-state index contributed by atoms with van der Waals surface area (Å²) in [4.78, 5) is 0. The lowest BCUT2D eigenvalue weighted by Crippen LogP contribution is -2.32. The fourth-order valence-corrected chi connectivity index (χ4v) is 5.24. The van der Waals surface area contributed by atoms with Crippen molar-refractivity contribution in [3.63, 3.8) is 0 Å². The van der Waals surface area contributed by atoms with Gasteiger partial charge in [0.25, 0.3) is 0 Å². The Morgan fingerprint density at radius 1 is 0.967 bits per heavy atom. The highest BCUT2D eigenvalue weighted by molar-refractivity contribution is 9.10. The van der Waals surface area contributed by atoms with E-state index in [1.807, 2.05) is 0 Å². The summed E-state index contributed by atoms with van der Waals surface area (Å²) in [7, 11) is 0. The summed E-state index contributed by atoms with van der Waals surface area (Å²) in [6.07, 6.45) is 3.14. The fourth-order valence-electron chi connectivity index (χ4n) is 4.97. The van der Waals surface area contributed by atoms with Crippen molar-refractivity contribution < 1.29 is 4.74 Å². The number of anilines is 1. The van der Waals surface area contributed by atoms with E-state index in [-0.39, 0.29) is 11.6 Å². The summed E-state index contributed by atoms with van der Waals surface area (Å²) in [6.45, 7) is 8.83. The Balaban J connectivity index is 1.72. The van der Waals surface area contributed by atoms with Gasteiger partial charge < -0.3 is 10.1 Å². The van der Waals surface area contributed by atoms with Crippen LogP contribution >= 0.6 is 15.9 Å². The minimum atomic E-state index is -0.0597. The smallest absolute Gasteiger partial charge is 0.129 e. The third-order valence-electron chi connectivity index (χ3n) is 6.10. The molecule has 1 N–H and O–H groups in total. The van der Waals surface area contributed by atoms with E-state index in [1.165, 1.54) is 44.6 Å². The maximum absolute atomic E-state index is 6.67. The van der Waals surface area contributed by atoms with Crippen LogP contribution in [0.3, 0.4) is 0 Å². The zero-order valence-electron chi connectivity index (χ0n) is 17.8. The number of halogens is 1. The molecule has 5 rings (SSSR count). The van der Waals surface area contributed by atoms with E-state index in [0.29, 0.717) is 0 Å². The van der Waals surface area contributed by atoms with Crippen molar-refractivity contribution in [3.8, 4) is 16.9 Å². The molecule has 0 amide bonds. The van der Waals surface area contributed by atoms with Crippen LogP contribution in [0, 0.1) is 6.92 Å². The van der Waals surface area contributed by atoms with Gasteiger partial charge in [0.05, 0.1) is 5.54 Å². The predicted octanol–water partition coefficient (Wildman–Crippen LogP) is 7.71. The molecular weight excluding hydrogens is 434 g/mol. The van der Waals surface area contributed by atoms with Crippen molar-refractivity contribution in [2.45, 2.75) is 45.8 Å². The second-order valence-corrected chi connectivity index (χ2v) is 9.92. The normalized spacial score (nSPS) is 18.3. The highest BCUT2D eigenvalue weighted by Crippen LogP contribution is 2.50. The molecule has 0 bridgehead atoms. The lowest BCUT2D eigenvalue weighted by molar-refractivity contribution is 0.202. The molecule has 0 radical (unpaired) electrons. The Hall–Kier alpha value is -2.52. The summed E-state index contributed by atoms with van der Waals surface area (Å²) in [5.74, 6) is 0.982. The Morgan fingerprint density at radius 3 is 2.50 bits per heavy atom. The number of nitrogens with one attached hydrogen (secondary N) is 1. The number of hydrogen-bond acceptors (Lipinski definition) is 2. The molecule has 0 aliphatic carbocycles. The van der Waals surface area contributed by atoms with Crippen LogP contribution in [-0.2, 0) is 6.42 Å². The van der Waals surface area contributed by atoms with Gasteiger partial charge in [-0.1, -0.05) is 52.3 Å². The Bertz CT molecular complexity index is 1170. The quantitative estimate of drug-likeness (QED) is 0.423. The topological polar surface area (TPSA) is 21.3 Å². The molecule has 0 fully saturated rings. The highest BCUT2D eigenvalue weighted by atomic mass is 79.9. The second kappa shape index (κ2) is 7.02. The summed E-state index contributed by atoms with van der Waals surface area (Å²) < 4.78 is 7.77. The molecule has 1 atom stereocenters. The number of fused-ring (bicyclic) bond motifs is 5.